The summed E-state index contributed by atoms with van der Waals surface area (Å²) < 4.78 is 18.3. The van der Waals surface area contributed by atoms with E-state index in [0.29, 0.717) is 30.9 Å². The van der Waals surface area contributed by atoms with Crippen LogP contribution in [0.25, 0.3) is 0 Å². The summed E-state index contributed by atoms with van der Waals surface area (Å²) in [7, 11) is 1.42. The van der Waals surface area contributed by atoms with Crippen molar-refractivity contribution in [2.75, 3.05) is 25.1 Å². The second-order valence-corrected chi connectivity index (χ2v) is 4.00. The fourth-order valence-electron chi connectivity index (χ4n) is 2.09. The van der Waals surface area contributed by atoms with Crippen LogP contribution in [0, 0.1) is 0 Å². The number of para-hydroxylation sites is 1. The van der Waals surface area contributed by atoms with Crippen LogP contribution in [0.3, 0.4) is 0 Å². The van der Waals surface area contributed by atoms with Gasteiger partial charge in [-0.1, -0.05) is 6.07 Å². The number of benzene rings is 1. The Morgan fingerprint density at radius 3 is 2.88 bits per heavy atom. The molecule has 0 unspecified atom stereocenters. The van der Waals surface area contributed by atoms with Crippen LogP contribution in [-0.2, 0) is 0 Å². The predicted molar refractivity (Wildman–Crippen MR) is 61.7 cm³/mol. The van der Waals surface area contributed by atoms with Gasteiger partial charge in [-0.05, 0) is 18.6 Å². The highest BCUT2D eigenvalue weighted by Crippen LogP contribution is 2.34. The lowest BCUT2D eigenvalue weighted by molar-refractivity contribution is 0.0693. The summed E-state index contributed by atoms with van der Waals surface area (Å²) in [6.45, 7) is 0.875. The molecule has 1 heterocycles. The van der Waals surface area contributed by atoms with E-state index in [2.05, 4.69) is 0 Å². The van der Waals surface area contributed by atoms with E-state index in [1.165, 1.54) is 13.2 Å². The lowest BCUT2D eigenvalue weighted by Crippen LogP contribution is -2.21. The number of ether oxygens (including phenoxy) is 1. The minimum atomic E-state index is -1.04. The van der Waals surface area contributed by atoms with Crippen LogP contribution in [0.2, 0.25) is 0 Å². The minimum Gasteiger partial charge on any atom is -0.494 e. The summed E-state index contributed by atoms with van der Waals surface area (Å²) >= 11 is 0. The number of anilines is 1. The standard InChI is InChI=1S/C12H14FNO3/c1-17-11-9(12(15)16)3-2-4-10(11)14-6-5-8(13)7-14/h2-4,8H,5-7H2,1H3,(H,15,16)/t8-/m0/s1. The number of nitrogens with zero attached hydrogens (tertiary/aromatic N) is 1. The summed E-state index contributed by atoms with van der Waals surface area (Å²) in [5.74, 6) is -0.742. The van der Waals surface area contributed by atoms with Gasteiger partial charge in [-0.2, -0.15) is 0 Å². The first-order chi connectivity index (χ1) is 8.13. The van der Waals surface area contributed by atoms with E-state index >= 15 is 0 Å². The van der Waals surface area contributed by atoms with Crippen molar-refractivity contribution < 1.29 is 19.0 Å². The SMILES string of the molecule is COc1c(C(=O)O)cccc1N1CC[C@H](F)C1. The number of carbonyl (C=O) groups is 1. The first-order valence-corrected chi connectivity index (χ1v) is 5.42. The summed E-state index contributed by atoms with van der Waals surface area (Å²) in [6.07, 6.45) is -0.381. The Kier molecular flexibility index (Phi) is 3.17. The molecule has 0 aliphatic carbocycles. The normalized spacial score (nSPS) is 19.4. The summed E-state index contributed by atoms with van der Waals surface area (Å²) in [4.78, 5) is 12.9. The highest BCUT2D eigenvalue weighted by atomic mass is 19.1. The maximum atomic E-state index is 13.2. The van der Waals surface area contributed by atoms with E-state index in [1.807, 2.05) is 4.90 Å². The fourth-order valence-corrected chi connectivity index (χ4v) is 2.09. The van der Waals surface area contributed by atoms with Gasteiger partial charge < -0.3 is 14.7 Å². The summed E-state index contributed by atoms with van der Waals surface area (Å²) in [5.41, 5.74) is 0.750. The molecule has 0 spiro atoms. The average molecular weight is 239 g/mol. The van der Waals surface area contributed by atoms with Crippen molar-refractivity contribution in [3.8, 4) is 5.75 Å². The smallest absolute Gasteiger partial charge is 0.339 e. The van der Waals surface area contributed by atoms with Crippen molar-refractivity contribution in [1.29, 1.82) is 0 Å². The molecule has 0 bridgehead atoms. The average Bonchev–Trinajstić information content (AvgIpc) is 2.74. The molecule has 17 heavy (non-hydrogen) atoms. The molecule has 5 heteroatoms. The maximum absolute atomic E-state index is 13.2. The highest BCUT2D eigenvalue weighted by Gasteiger charge is 2.26. The van der Waals surface area contributed by atoms with Crippen molar-refractivity contribution in [2.24, 2.45) is 0 Å². The van der Waals surface area contributed by atoms with E-state index in [9.17, 15) is 9.18 Å². The Labute approximate surface area is 98.6 Å². The Bertz CT molecular complexity index is 436. The summed E-state index contributed by atoms with van der Waals surface area (Å²) in [5, 5.41) is 9.04. The van der Waals surface area contributed by atoms with E-state index in [-0.39, 0.29) is 5.56 Å². The van der Waals surface area contributed by atoms with Crippen LogP contribution in [-0.4, -0.2) is 37.4 Å². The number of carboxylic acids is 1. The first-order valence-electron chi connectivity index (χ1n) is 5.42. The number of halogens is 1. The molecule has 1 fully saturated rings. The molecule has 1 aromatic rings. The molecule has 1 N–H and O–H groups in total. The molecule has 4 nitrogen and oxygen atoms in total. The Balaban J connectivity index is 2.40. The number of rotatable bonds is 3. The molecule has 1 atom stereocenters. The molecule has 1 aliphatic rings. The molecule has 2 rings (SSSR count). The van der Waals surface area contributed by atoms with Gasteiger partial charge >= 0.3 is 5.97 Å². The van der Waals surface area contributed by atoms with E-state index < -0.39 is 12.1 Å². The fraction of sp³-hybridized carbons (Fsp3) is 0.417. The van der Waals surface area contributed by atoms with Crippen molar-refractivity contribution >= 4 is 11.7 Å². The van der Waals surface area contributed by atoms with Crippen LogP contribution >= 0.6 is 0 Å². The number of aromatic carboxylic acids is 1. The molecular formula is C12H14FNO3. The molecule has 1 aromatic carbocycles. The first kappa shape index (κ1) is 11.7. The van der Waals surface area contributed by atoms with Gasteiger partial charge in [0.25, 0.3) is 0 Å². The zero-order chi connectivity index (χ0) is 12.4. The van der Waals surface area contributed by atoms with Gasteiger partial charge in [0.15, 0.2) is 5.75 Å². The lowest BCUT2D eigenvalue weighted by Gasteiger charge is -2.21. The van der Waals surface area contributed by atoms with Crippen molar-refractivity contribution in [1.82, 2.24) is 0 Å². The van der Waals surface area contributed by atoms with Gasteiger partial charge in [0.2, 0.25) is 0 Å². The molecule has 1 saturated heterocycles. The monoisotopic (exact) mass is 239 g/mol. The molecule has 92 valence electrons. The molecule has 0 aromatic heterocycles. The number of alkyl halides is 1. The van der Waals surface area contributed by atoms with Crippen LogP contribution in [0.1, 0.15) is 16.8 Å². The second-order valence-electron chi connectivity index (χ2n) is 4.00. The van der Waals surface area contributed by atoms with Crippen LogP contribution < -0.4 is 9.64 Å². The largest absolute Gasteiger partial charge is 0.494 e. The van der Waals surface area contributed by atoms with Crippen molar-refractivity contribution in [3.63, 3.8) is 0 Å². The van der Waals surface area contributed by atoms with Crippen molar-refractivity contribution in [3.05, 3.63) is 23.8 Å². The van der Waals surface area contributed by atoms with E-state index in [1.54, 1.807) is 12.1 Å². The topological polar surface area (TPSA) is 49.8 Å². The zero-order valence-corrected chi connectivity index (χ0v) is 9.52. The maximum Gasteiger partial charge on any atom is 0.339 e. The quantitative estimate of drug-likeness (QED) is 0.875. The van der Waals surface area contributed by atoms with Gasteiger partial charge in [0, 0.05) is 13.1 Å². The van der Waals surface area contributed by atoms with Crippen LogP contribution in [0.5, 0.6) is 5.75 Å². The van der Waals surface area contributed by atoms with Gasteiger partial charge in [-0.3, -0.25) is 0 Å². The third-order valence-electron chi connectivity index (χ3n) is 2.90. The van der Waals surface area contributed by atoms with Gasteiger partial charge in [0.1, 0.15) is 11.7 Å². The van der Waals surface area contributed by atoms with Gasteiger partial charge in [0.05, 0.1) is 12.8 Å². The van der Waals surface area contributed by atoms with E-state index in [4.69, 9.17) is 9.84 Å². The number of hydrogen-bond acceptors (Lipinski definition) is 3. The van der Waals surface area contributed by atoms with Gasteiger partial charge in [-0.25, -0.2) is 9.18 Å². The number of carboxylic acid groups (broad SMARTS) is 1. The lowest BCUT2D eigenvalue weighted by atomic mass is 10.1. The third-order valence-corrected chi connectivity index (χ3v) is 2.90. The Morgan fingerprint density at radius 1 is 1.59 bits per heavy atom. The third kappa shape index (κ3) is 2.18. The predicted octanol–water partition coefficient (Wildman–Crippen LogP) is 1.94. The molecule has 1 aliphatic heterocycles. The molecular weight excluding hydrogens is 225 g/mol. The van der Waals surface area contributed by atoms with Gasteiger partial charge in [-0.15, -0.1) is 0 Å². The zero-order valence-electron chi connectivity index (χ0n) is 9.52. The molecule has 0 saturated carbocycles. The molecule has 0 radical (unpaired) electrons. The minimum absolute atomic E-state index is 0.104. The van der Waals surface area contributed by atoms with Crippen LogP contribution in [0.4, 0.5) is 10.1 Å². The number of hydrogen-bond donors (Lipinski definition) is 1. The molecule has 0 amide bonds. The van der Waals surface area contributed by atoms with Crippen molar-refractivity contribution in [2.45, 2.75) is 12.6 Å². The Morgan fingerprint density at radius 2 is 2.35 bits per heavy atom. The second kappa shape index (κ2) is 4.61. The van der Waals surface area contributed by atoms with E-state index in [0.717, 1.165) is 0 Å². The number of methoxy groups -OCH3 is 1. The van der Waals surface area contributed by atoms with Crippen LogP contribution in [0.15, 0.2) is 18.2 Å². The highest BCUT2D eigenvalue weighted by molar-refractivity contribution is 5.93. The Hall–Kier alpha value is -1.78. The summed E-state index contributed by atoms with van der Waals surface area (Å²) in [6, 6.07) is 4.88.